The van der Waals surface area contributed by atoms with Crippen LogP contribution in [0, 0.1) is 0 Å². The highest BCUT2D eigenvalue weighted by Gasteiger charge is 2.16. The fourth-order valence-corrected chi connectivity index (χ4v) is 3.22. The lowest BCUT2D eigenvalue weighted by molar-refractivity contribution is 0.659. The van der Waals surface area contributed by atoms with Crippen LogP contribution in [-0.4, -0.2) is 14.5 Å². The summed E-state index contributed by atoms with van der Waals surface area (Å²) in [6.07, 6.45) is 3.69. The number of hydrogen-bond donors (Lipinski definition) is 0. The first-order valence-electron chi connectivity index (χ1n) is 7.20. The van der Waals surface area contributed by atoms with Gasteiger partial charge in [-0.2, -0.15) is 0 Å². The van der Waals surface area contributed by atoms with E-state index in [9.17, 15) is 0 Å². The van der Waals surface area contributed by atoms with Crippen LogP contribution in [0.1, 0.15) is 18.5 Å². The van der Waals surface area contributed by atoms with Crippen LogP contribution in [0.2, 0.25) is 5.02 Å². The lowest BCUT2D eigenvalue weighted by Gasteiger charge is -2.17. The highest BCUT2D eigenvalue weighted by molar-refractivity contribution is 6.31. The van der Waals surface area contributed by atoms with Gasteiger partial charge in [0, 0.05) is 10.4 Å². The van der Waals surface area contributed by atoms with Crippen LogP contribution in [0.15, 0.2) is 61.1 Å². The summed E-state index contributed by atoms with van der Waals surface area (Å²) in [7, 11) is 0. The molecule has 0 aliphatic rings. The molecular formula is C18H14ClN3. The first-order chi connectivity index (χ1) is 10.8. The van der Waals surface area contributed by atoms with Gasteiger partial charge in [0.25, 0.3) is 0 Å². The summed E-state index contributed by atoms with van der Waals surface area (Å²) >= 11 is 6.36. The summed E-state index contributed by atoms with van der Waals surface area (Å²) in [5.74, 6) is 0. The van der Waals surface area contributed by atoms with E-state index < -0.39 is 0 Å². The summed E-state index contributed by atoms with van der Waals surface area (Å²) in [5.41, 5.74) is 4.06. The standard InChI is InChI=1S/C18H14ClN3/c1-12(13-6-2-4-8-15(13)19)22-11-21-17-10-20-16-9-5-3-7-14(16)18(17)22/h2-12H,1H3. The second-order valence-corrected chi connectivity index (χ2v) is 5.77. The molecule has 0 saturated heterocycles. The monoisotopic (exact) mass is 307 g/mol. The molecule has 4 aromatic rings. The molecule has 0 amide bonds. The number of para-hydroxylation sites is 1. The molecule has 22 heavy (non-hydrogen) atoms. The van der Waals surface area contributed by atoms with Gasteiger partial charge in [-0.15, -0.1) is 0 Å². The van der Waals surface area contributed by atoms with E-state index in [0.29, 0.717) is 0 Å². The number of nitrogens with zero attached hydrogens (tertiary/aromatic N) is 3. The third-order valence-electron chi connectivity index (χ3n) is 4.08. The Morgan fingerprint density at radius 3 is 2.59 bits per heavy atom. The molecule has 4 rings (SSSR count). The molecule has 0 bridgehead atoms. The Labute approximate surface area is 133 Å². The first-order valence-corrected chi connectivity index (χ1v) is 7.58. The minimum Gasteiger partial charge on any atom is -0.323 e. The third kappa shape index (κ3) is 1.97. The quantitative estimate of drug-likeness (QED) is 0.530. The van der Waals surface area contributed by atoms with E-state index in [1.54, 1.807) is 0 Å². The minimum atomic E-state index is 0.101. The Bertz CT molecular complexity index is 974. The maximum atomic E-state index is 6.36. The molecule has 2 heterocycles. The summed E-state index contributed by atoms with van der Waals surface area (Å²) in [6, 6.07) is 16.2. The topological polar surface area (TPSA) is 30.7 Å². The first kappa shape index (κ1) is 13.3. The molecule has 3 nitrogen and oxygen atoms in total. The summed E-state index contributed by atoms with van der Waals surface area (Å²) in [4.78, 5) is 8.97. The number of halogens is 1. The molecule has 0 N–H and O–H groups in total. The van der Waals surface area contributed by atoms with Crippen LogP contribution in [0.4, 0.5) is 0 Å². The predicted molar refractivity (Wildman–Crippen MR) is 90.3 cm³/mol. The van der Waals surface area contributed by atoms with Crippen molar-refractivity contribution in [1.29, 1.82) is 0 Å². The van der Waals surface area contributed by atoms with E-state index in [2.05, 4.69) is 33.6 Å². The summed E-state index contributed by atoms with van der Waals surface area (Å²) in [5, 5.41) is 1.88. The van der Waals surface area contributed by atoms with Gasteiger partial charge in [-0.05, 0) is 24.6 Å². The zero-order valence-electron chi connectivity index (χ0n) is 12.1. The smallest absolute Gasteiger partial charge is 0.107 e. The van der Waals surface area contributed by atoms with Crippen LogP contribution < -0.4 is 0 Å². The van der Waals surface area contributed by atoms with E-state index >= 15 is 0 Å². The SMILES string of the molecule is CC(c1ccccc1Cl)n1cnc2cnc3ccccc3c21. The second kappa shape index (κ2) is 5.11. The van der Waals surface area contributed by atoms with Gasteiger partial charge < -0.3 is 4.57 Å². The van der Waals surface area contributed by atoms with Crippen molar-refractivity contribution in [2.45, 2.75) is 13.0 Å². The average molecular weight is 308 g/mol. The van der Waals surface area contributed by atoms with Crippen molar-refractivity contribution < 1.29 is 0 Å². The molecule has 0 aliphatic heterocycles. The lowest BCUT2D eigenvalue weighted by atomic mass is 10.1. The fraction of sp³-hybridized carbons (Fsp3) is 0.111. The maximum Gasteiger partial charge on any atom is 0.107 e. The van der Waals surface area contributed by atoms with Crippen LogP contribution in [0.5, 0.6) is 0 Å². The molecule has 0 aliphatic carbocycles. The Balaban J connectivity index is 1.99. The van der Waals surface area contributed by atoms with Gasteiger partial charge in [0.15, 0.2) is 0 Å². The lowest BCUT2D eigenvalue weighted by Crippen LogP contribution is -2.06. The van der Waals surface area contributed by atoms with Crippen LogP contribution in [0.25, 0.3) is 21.9 Å². The largest absolute Gasteiger partial charge is 0.323 e. The van der Waals surface area contributed by atoms with E-state index in [1.165, 1.54) is 0 Å². The molecule has 108 valence electrons. The number of imidazole rings is 1. The third-order valence-corrected chi connectivity index (χ3v) is 4.42. The molecule has 0 radical (unpaired) electrons. The van der Waals surface area contributed by atoms with Crippen molar-refractivity contribution in [1.82, 2.24) is 14.5 Å². The molecule has 2 aromatic carbocycles. The molecule has 0 spiro atoms. The minimum absolute atomic E-state index is 0.101. The van der Waals surface area contributed by atoms with Crippen LogP contribution in [0.3, 0.4) is 0 Å². The molecule has 4 heteroatoms. The van der Waals surface area contributed by atoms with E-state index in [1.807, 2.05) is 48.9 Å². The van der Waals surface area contributed by atoms with Crippen molar-refractivity contribution in [2.24, 2.45) is 0 Å². The van der Waals surface area contributed by atoms with Gasteiger partial charge in [-0.3, -0.25) is 4.98 Å². The molecule has 1 unspecified atom stereocenters. The number of pyridine rings is 1. The molecular weight excluding hydrogens is 294 g/mol. The average Bonchev–Trinajstić information content (AvgIpc) is 2.99. The molecule has 0 saturated carbocycles. The number of aromatic nitrogens is 3. The predicted octanol–water partition coefficient (Wildman–Crippen LogP) is 4.85. The number of rotatable bonds is 2. The Morgan fingerprint density at radius 2 is 1.73 bits per heavy atom. The van der Waals surface area contributed by atoms with Crippen LogP contribution >= 0.6 is 11.6 Å². The molecule has 0 fully saturated rings. The maximum absolute atomic E-state index is 6.36. The van der Waals surface area contributed by atoms with Crippen molar-refractivity contribution >= 4 is 33.5 Å². The van der Waals surface area contributed by atoms with Crippen LogP contribution in [-0.2, 0) is 0 Å². The Kier molecular flexibility index (Phi) is 3.09. The van der Waals surface area contributed by atoms with Crippen molar-refractivity contribution in [3.8, 4) is 0 Å². The van der Waals surface area contributed by atoms with Gasteiger partial charge in [-0.25, -0.2) is 4.98 Å². The highest BCUT2D eigenvalue weighted by Crippen LogP contribution is 2.31. The van der Waals surface area contributed by atoms with Gasteiger partial charge in [0.05, 0.1) is 29.6 Å². The number of hydrogen-bond acceptors (Lipinski definition) is 2. The van der Waals surface area contributed by atoms with E-state index in [0.717, 1.165) is 32.5 Å². The van der Waals surface area contributed by atoms with Crippen molar-refractivity contribution in [2.75, 3.05) is 0 Å². The van der Waals surface area contributed by atoms with Crippen molar-refractivity contribution in [3.05, 3.63) is 71.6 Å². The number of fused-ring (bicyclic) bond motifs is 3. The zero-order valence-corrected chi connectivity index (χ0v) is 12.8. The Hall–Kier alpha value is -2.39. The van der Waals surface area contributed by atoms with Gasteiger partial charge in [0.1, 0.15) is 5.52 Å². The van der Waals surface area contributed by atoms with Gasteiger partial charge in [0.2, 0.25) is 0 Å². The Morgan fingerprint density at radius 1 is 0.955 bits per heavy atom. The number of benzene rings is 2. The molecule has 2 aromatic heterocycles. The van der Waals surface area contributed by atoms with Gasteiger partial charge in [-0.1, -0.05) is 48.0 Å². The van der Waals surface area contributed by atoms with Gasteiger partial charge >= 0.3 is 0 Å². The summed E-state index contributed by atoms with van der Waals surface area (Å²) in [6.45, 7) is 2.14. The zero-order chi connectivity index (χ0) is 15.1. The normalized spacial score (nSPS) is 12.8. The fourth-order valence-electron chi connectivity index (χ4n) is 2.92. The highest BCUT2D eigenvalue weighted by atomic mass is 35.5. The second-order valence-electron chi connectivity index (χ2n) is 5.36. The van der Waals surface area contributed by atoms with E-state index in [4.69, 9.17) is 11.6 Å². The molecule has 1 atom stereocenters. The summed E-state index contributed by atoms with van der Waals surface area (Å²) < 4.78 is 2.17. The van der Waals surface area contributed by atoms with E-state index in [-0.39, 0.29) is 6.04 Å². The van der Waals surface area contributed by atoms with Crippen molar-refractivity contribution in [3.63, 3.8) is 0 Å².